The molecular formula is C10H17N. The molecule has 0 aromatic rings. The highest BCUT2D eigenvalue weighted by Crippen LogP contribution is 2.19. The third kappa shape index (κ3) is 2.41. The standard InChI is InChI=1S/C10H17N/c1-3-4-5-10-8-11-7-6-9(10)2/h3-4,6-7,9-11H,5,8H2,1-2H3/b4-3-/t9?,10-/m0/s1. The summed E-state index contributed by atoms with van der Waals surface area (Å²) < 4.78 is 0. The van der Waals surface area contributed by atoms with Gasteiger partial charge in [-0.25, -0.2) is 0 Å². The van der Waals surface area contributed by atoms with Gasteiger partial charge in [0.1, 0.15) is 0 Å². The van der Waals surface area contributed by atoms with E-state index in [0.717, 1.165) is 18.4 Å². The maximum atomic E-state index is 3.26. The molecule has 0 bridgehead atoms. The van der Waals surface area contributed by atoms with Crippen molar-refractivity contribution in [1.29, 1.82) is 0 Å². The smallest absolute Gasteiger partial charge is 0.0178 e. The topological polar surface area (TPSA) is 12.0 Å². The lowest BCUT2D eigenvalue weighted by Crippen LogP contribution is -2.26. The van der Waals surface area contributed by atoms with Crippen molar-refractivity contribution >= 4 is 0 Å². The van der Waals surface area contributed by atoms with Gasteiger partial charge in [0.25, 0.3) is 0 Å². The van der Waals surface area contributed by atoms with Crippen molar-refractivity contribution in [2.75, 3.05) is 6.54 Å². The van der Waals surface area contributed by atoms with Crippen molar-refractivity contribution in [3.05, 3.63) is 24.4 Å². The summed E-state index contributed by atoms with van der Waals surface area (Å²) in [5.41, 5.74) is 0. The summed E-state index contributed by atoms with van der Waals surface area (Å²) in [4.78, 5) is 0. The van der Waals surface area contributed by atoms with Crippen molar-refractivity contribution in [3.8, 4) is 0 Å². The lowest BCUT2D eigenvalue weighted by atomic mass is 9.89. The number of rotatable bonds is 2. The summed E-state index contributed by atoms with van der Waals surface area (Å²) in [7, 11) is 0. The van der Waals surface area contributed by atoms with Gasteiger partial charge in [-0.3, -0.25) is 0 Å². The van der Waals surface area contributed by atoms with Gasteiger partial charge in [-0.2, -0.15) is 0 Å². The highest BCUT2D eigenvalue weighted by molar-refractivity contribution is 4.96. The third-order valence-corrected chi connectivity index (χ3v) is 2.32. The first-order valence-corrected chi connectivity index (χ1v) is 4.36. The zero-order valence-corrected chi connectivity index (χ0v) is 7.38. The number of hydrogen-bond acceptors (Lipinski definition) is 1. The lowest BCUT2D eigenvalue weighted by molar-refractivity contribution is 0.395. The molecule has 0 saturated heterocycles. The summed E-state index contributed by atoms with van der Waals surface area (Å²) in [5, 5.41) is 3.26. The van der Waals surface area contributed by atoms with E-state index < -0.39 is 0 Å². The molecular weight excluding hydrogens is 134 g/mol. The molecule has 0 fully saturated rings. The molecule has 1 heteroatoms. The molecule has 0 radical (unpaired) electrons. The van der Waals surface area contributed by atoms with E-state index in [9.17, 15) is 0 Å². The van der Waals surface area contributed by atoms with E-state index in [4.69, 9.17) is 0 Å². The fourth-order valence-electron chi connectivity index (χ4n) is 1.39. The Bertz CT molecular complexity index is 158. The SMILES string of the molecule is C/C=C\C[C@H]1CNC=CC1C. The molecule has 1 heterocycles. The van der Waals surface area contributed by atoms with Gasteiger partial charge in [0.15, 0.2) is 0 Å². The molecule has 62 valence electrons. The van der Waals surface area contributed by atoms with Crippen LogP contribution in [0.5, 0.6) is 0 Å². The van der Waals surface area contributed by atoms with Crippen LogP contribution in [-0.2, 0) is 0 Å². The monoisotopic (exact) mass is 151 g/mol. The Labute approximate surface area is 69.2 Å². The maximum absolute atomic E-state index is 3.26. The molecule has 0 amide bonds. The predicted molar refractivity (Wildman–Crippen MR) is 49.2 cm³/mol. The Morgan fingerprint density at radius 1 is 1.64 bits per heavy atom. The summed E-state index contributed by atoms with van der Waals surface area (Å²) >= 11 is 0. The Morgan fingerprint density at radius 2 is 2.45 bits per heavy atom. The Morgan fingerprint density at radius 3 is 3.09 bits per heavy atom. The minimum Gasteiger partial charge on any atom is -0.391 e. The van der Waals surface area contributed by atoms with E-state index in [-0.39, 0.29) is 0 Å². The van der Waals surface area contributed by atoms with Crippen LogP contribution in [0.25, 0.3) is 0 Å². The predicted octanol–water partition coefficient (Wildman–Crippen LogP) is 2.32. The van der Waals surface area contributed by atoms with Gasteiger partial charge in [-0.05, 0) is 31.4 Å². The second kappa shape index (κ2) is 4.22. The molecule has 0 aromatic carbocycles. The molecule has 0 aromatic heterocycles. The molecule has 0 aliphatic carbocycles. The molecule has 1 aliphatic heterocycles. The van der Waals surface area contributed by atoms with Crippen LogP contribution in [0.2, 0.25) is 0 Å². The van der Waals surface area contributed by atoms with Crippen LogP contribution >= 0.6 is 0 Å². The van der Waals surface area contributed by atoms with Gasteiger partial charge in [0.05, 0.1) is 0 Å². The molecule has 0 saturated carbocycles. The number of nitrogens with one attached hydrogen (secondary N) is 1. The fraction of sp³-hybridized carbons (Fsp3) is 0.600. The Hall–Kier alpha value is -0.720. The molecule has 1 N–H and O–H groups in total. The van der Waals surface area contributed by atoms with Gasteiger partial charge in [0, 0.05) is 6.54 Å². The molecule has 1 unspecified atom stereocenters. The van der Waals surface area contributed by atoms with Gasteiger partial charge in [-0.1, -0.05) is 25.2 Å². The first-order chi connectivity index (χ1) is 5.34. The van der Waals surface area contributed by atoms with Crippen molar-refractivity contribution in [3.63, 3.8) is 0 Å². The molecule has 11 heavy (non-hydrogen) atoms. The minimum absolute atomic E-state index is 0.729. The summed E-state index contributed by atoms with van der Waals surface area (Å²) in [6.45, 7) is 5.49. The van der Waals surface area contributed by atoms with E-state index in [0.29, 0.717) is 0 Å². The van der Waals surface area contributed by atoms with E-state index in [1.165, 1.54) is 6.42 Å². The van der Waals surface area contributed by atoms with Crippen molar-refractivity contribution in [2.24, 2.45) is 11.8 Å². The second-order valence-corrected chi connectivity index (χ2v) is 3.19. The number of hydrogen-bond donors (Lipinski definition) is 1. The Balaban J connectivity index is 2.38. The van der Waals surface area contributed by atoms with Crippen LogP contribution in [0.1, 0.15) is 20.3 Å². The molecule has 2 atom stereocenters. The van der Waals surface area contributed by atoms with E-state index in [1.54, 1.807) is 0 Å². The summed E-state index contributed by atoms with van der Waals surface area (Å²) in [6.07, 6.45) is 9.90. The largest absolute Gasteiger partial charge is 0.391 e. The van der Waals surface area contributed by atoms with Crippen LogP contribution in [0, 0.1) is 11.8 Å². The van der Waals surface area contributed by atoms with Crippen LogP contribution in [-0.4, -0.2) is 6.54 Å². The Kier molecular flexibility index (Phi) is 3.21. The maximum Gasteiger partial charge on any atom is 0.0178 e. The average molecular weight is 151 g/mol. The highest BCUT2D eigenvalue weighted by Gasteiger charge is 2.15. The molecule has 1 nitrogen and oxygen atoms in total. The third-order valence-electron chi connectivity index (χ3n) is 2.32. The van der Waals surface area contributed by atoms with Gasteiger partial charge in [-0.15, -0.1) is 0 Å². The summed E-state index contributed by atoms with van der Waals surface area (Å²) in [6, 6.07) is 0. The molecule has 1 aliphatic rings. The van der Waals surface area contributed by atoms with Crippen molar-refractivity contribution < 1.29 is 0 Å². The van der Waals surface area contributed by atoms with Gasteiger partial charge < -0.3 is 5.32 Å². The quantitative estimate of drug-likeness (QED) is 0.597. The molecule has 1 rings (SSSR count). The first kappa shape index (κ1) is 8.38. The van der Waals surface area contributed by atoms with Crippen LogP contribution < -0.4 is 5.32 Å². The average Bonchev–Trinajstić information content (AvgIpc) is 2.03. The first-order valence-electron chi connectivity index (χ1n) is 4.36. The van der Waals surface area contributed by atoms with E-state index >= 15 is 0 Å². The zero-order chi connectivity index (χ0) is 8.10. The van der Waals surface area contributed by atoms with Crippen LogP contribution in [0.3, 0.4) is 0 Å². The van der Waals surface area contributed by atoms with E-state index in [1.807, 2.05) is 0 Å². The van der Waals surface area contributed by atoms with Gasteiger partial charge >= 0.3 is 0 Å². The zero-order valence-electron chi connectivity index (χ0n) is 7.38. The summed E-state index contributed by atoms with van der Waals surface area (Å²) in [5.74, 6) is 1.52. The van der Waals surface area contributed by atoms with Crippen molar-refractivity contribution in [2.45, 2.75) is 20.3 Å². The van der Waals surface area contributed by atoms with Crippen LogP contribution in [0.15, 0.2) is 24.4 Å². The van der Waals surface area contributed by atoms with Crippen LogP contribution in [0.4, 0.5) is 0 Å². The number of allylic oxidation sites excluding steroid dienone is 3. The minimum atomic E-state index is 0.729. The molecule has 0 spiro atoms. The highest BCUT2D eigenvalue weighted by atomic mass is 14.8. The second-order valence-electron chi connectivity index (χ2n) is 3.19. The van der Waals surface area contributed by atoms with Crippen molar-refractivity contribution in [1.82, 2.24) is 5.32 Å². The normalized spacial score (nSPS) is 30.7. The van der Waals surface area contributed by atoms with E-state index in [2.05, 4.69) is 43.6 Å². The van der Waals surface area contributed by atoms with Gasteiger partial charge in [0.2, 0.25) is 0 Å². The fourth-order valence-corrected chi connectivity index (χ4v) is 1.39. The lowest BCUT2D eigenvalue weighted by Gasteiger charge is -2.24.